The lowest BCUT2D eigenvalue weighted by molar-refractivity contribution is -0.921. The molecule has 0 radical (unpaired) electrons. The van der Waals surface area contributed by atoms with Gasteiger partial charge in [-0.25, -0.2) is 4.79 Å². The average Bonchev–Trinajstić information content (AvgIpc) is 2.75. The topological polar surface area (TPSA) is 69.1 Å². The van der Waals surface area contributed by atoms with Crippen molar-refractivity contribution >= 4 is 17.6 Å². The minimum atomic E-state index is -0.893. The van der Waals surface area contributed by atoms with Gasteiger partial charge in [0, 0.05) is 11.3 Å². The van der Waals surface area contributed by atoms with Gasteiger partial charge in [0.15, 0.2) is 6.10 Å². The molecule has 1 saturated heterocycles. The Hall–Kier alpha value is -2.70. The minimum absolute atomic E-state index is 0.275. The van der Waals surface area contributed by atoms with Gasteiger partial charge in [-0.3, -0.25) is 4.79 Å². The maximum Gasteiger partial charge on any atom is 0.338 e. The first-order chi connectivity index (χ1) is 14.4. The molecule has 160 valence electrons. The first-order valence-electron chi connectivity index (χ1n) is 10.5. The largest absolute Gasteiger partial charge is 0.449 e. The third-order valence-electron chi connectivity index (χ3n) is 5.34. The molecule has 0 saturated carbocycles. The molecule has 2 N–H and O–H groups in total. The van der Waals surface area contributed by atoms with Gasteiger partial charge in [-0.1, -0.05) is 44.2 Å². The minimum Gasteiger partial charge on any atom is -0.449 e. The zero-order valence-corrected chi connectivity index (χ0v) is 17.9. The van der Waals surface area contributed by atoms with Crippen LogP contribution >= 0.6 is 0 Å². The van der Waals surface area contributed by atoms with Crippen LogP contribution in [0.2, 0.25) is 0 Å². The Balaban J connectivity index is 1.55. The zero-order valence-electron chi connectivity index (χ0n) is 17.9. The van der Waals surface area contributed by atoms with Crippen LogP contribution in [0.3, 0.4) is 0 Å². The first-order valence-corrected chi connectivity index (χ1v) is 10.5. The van der Waals surface area contributed by atoms with Gasteiger partial charge < -0.3 is 19.7 Å². The summed E-state index contributed by atoms with van der Waals surface area (Å²) >= 11 is 0. The van der Waals surface area contributed by atoms with E-state index >= 15 is 0 Å². The Morgan fingerprint density at radius 3 is 2.37 bits per heavy atom. The van der Waals surface area contributed by atoms with Gasteiger partial charge in [-0.2, -0.15) is 0 Å². The fourth-order valence-electron chi connectivity index (χ4n) is 3.51. The highest BCUT2D eigenvalue weighted by molar-refractivity contribution is 5.97. The van der Waals surface area contributed by atoms with Crippen LogP contribution in [0, 0.1) is 0 Å². The molecular formula is C24H31N2O4+. The molecule has 6 nitrogen and oxygen atoms in total. The number of benzene rings is 2. The maximum absolute atomic E-state index is 12.5. The summed E-state index contributed by atoms with van der Waals surface area (Å²) in [5, 5.41) is 2.87. The molecule has 0 aromatic heterocycles. The smallest absolute Gasteiger partial charge is 0.338 e. The van der Waals surface area contributed by atoms with Gasteiger partial charge in [-0.05, 0) is 36.6 Å². The van der Waals surface area contributed by atoms with Gasteiger partial charge in [-0.15, -0.1) is 0 Å². The van der Waals surface area contributed by atoms with Crippen molar-refractivity contribution in [3.05, 3.63) is 65.2 Å². The standard InChI is InChI=1S/C24H30N2O4/c1-17(2)21-6-4-5-7-22(21)25-23(27)18(3)30-24(28)20-10-8-19(9-11-20)16-26-12-14-29-15-13-26/h4-11,17-18H,12-16H2,1-3H3,(H,25,27)/p+1/t18-/m0/s1. The molecule has 2 aromatic rings. The zero-order chi connectivity index (χ0) is 21.5. The quantitative estimate of drug-likeness (QED) is 0.687. The summed E-state index contributed by atoms with van der Waals surface area (Å²) in [5.74, 6) is -0.568. The fourth-order valence-corrected chi connectivity index (χ4v) is 3.51. The van der Waals surface area contributed by atoms with Crippen LogP contribution in [0.4, 0.5) is 5.69 Å². The van der Waals surface area contributed by atoms with Crippen LogP contribution in [0.5, 0.6) is 0 Å². The molecule has 1 aliphatic rings. The van der Waals surface area contributed by atoms with E-state index in [1.54, 1.807) is 19.1 Å². The van der Waals surface area contributed by atoms with Crippen LogP contribution in [0.1, 0.15) is 48.2 Å². The van der Waals surface area contributed by atoms with Crippen molar-refractivity contribution in [3.8, 4) is 0 Å². The second-order valence-electron chi connectivity index (χ2n) is 8.01. The number of ether oxygens (including phenoxy) is 2. The Morgan fingerprint density at radius 2 is 1.70 bits per heavy atom. The Morgan fingerprint density at radius 1 is 1.03 bits per heavy atom. The SMILES string of the molecule is CC(C)c1ccccc1NC(=O)[C@H](C)OC(=O)c1ccc(C[NH+]2CCOCC2)cc1. The molecule has 1 amide bonds. The number of hydrogen-bond acceptors (Lipinski definition) is 4. The van der Waals surface area contributed by atoms with Gasteiger partial charge in [0.25, 0.3) is 5.91 Å². The second kappa shape index (κ2) is 10.4. The first kappa shape index (κ1) is 22.0. The molecule has 0 aliphatic carbocycles. The summed E-state index contributed by atoms with van der Waals surface area (Å²) in [5.41, 5.74) is 3.40. The predicted molar refractivity (Wildman–Crippen MR) is 116 cm³/mol. The van der Waals surface area contributed by atoms with E-state index in [0.717, 1.165) is 44.1 Å². The number of rotatable bonds is 7. The van der Waals surface area contributed by atoms with Crippen molar-refractivity contribution in [2.45, 2.75) is 39.3 Å². The van der Waals surface area contributed by atoms with Gasteiger partial charge in [0.1, 0.15) is 19.6 Å². The van der Waals surface area contributed by atoms with Crippen LogP contribution in [0.15, 0.2) is 48.5 Å². The number of amides is 1. The highest BCUT2D eigenvalue weighted by Crippen LogP contribution is 2.24. The molecule has 30 heavy (non-hydrogen) atoms. The molecule has 0 unspecified atom stereocenters. The van der Waals surface area contributed by atoms with Crippen LogP contribution in [-0.4, -0.2) is 44.3 Å². The lowest BCUT2D eigenvalue weighted by Gasteiger charge is -2.23. The molecular weight excluding hydrogens is 380 g/mol. The third-order valence-corrected chi connectivity index (χ3v) is 5.34. The number of carbonyl (C=O) groups excluding carboxylic acids is 2. The van der Waals surface area contributed by atoms with Crippen molar-refractivity contribution < 1.29 is 24.0 Å². The number of nitrogens with one attached hydrogen (secondary N) is 2. The number of morpholine rings is 1. The van der Waals surface area contributed by atoms with Gasteiger partial charge in [0.05, 0.1) is 18.8 Å². The molecule has 6 heteroatoms. The second-order valence-corrected chi connectivity index (χ2v) is 8.01. The van der Waals surface area contributed by atoms with E-state index in [1.807, 2.05) is 36.4 Å². The Kier molecular flexibility index (Phi) is 7.60. The van der Waals surface area contributed by atoms with Gasteiger partial charge in [0.2, 0.25) is 0 Å². The molecule has 1 atom stereocenters. The number of hydrogen-bond donors (Lipinski definition) is 2. The molecule has 0 spiro atoms. The van der Waals surface area contributed by atoms with Crippen molar-refractivity contribution in [3.63, 3.8) is 0 Å². The average molecular weight is 412 g/mol. The number of quaternary nitrogens is 1. The summed E-state index contributed by atoms with van der Waals surface area (Å²) in [4.78, 5) is 26.5. The van der Waals surface area contributed by atoms with Crippen molar-refractivity contribution in [1.82, 2.24) is 0 Å². The number of esters is 1. The van der Waals surface area contributed by atoms with Crippen LogP contribution < -0.4 is 10.2 Å². The van der Waals surface area contributed by atoms with E-state index in [2.05, 4.69) is 19.2 Å². The van der Waals surface area contributed by atoms with Crippen LogP contribution in [-0.2, 0) is 20.8 Å². The number of anilines is 1. The van der Waals surface area contributed by atoms with E-state index in [4.69, 9.17) is 9.47 Å². The fraction of sp³-hybridized carbons (Fsp3) is 0.417. The highest BCUT2D eigenvalue weighted by Gasteiger charge is 2.21. The Bertz CT molecular complexity index is 858. The summed E-state index contributed by atoms with van der Waals surface area (Å²) in [6.45, 7) is 10.2. The summed E-state index contributed by atoms with van der Waals surface area (Å²) in [7, 11) is 0. The Labute approximate surface area is 178 Å². The molecule has 3 rings (SSSR count). The van der Waals surface area contributed by atoms with E-state index in [9.17, 15) is 9.59 Å². The van der Waals surface area contributed by atoms with E-state index in [1.165, 1.54) is 10.5 Å². The summed E-state index contributed by atoms with van der Waals surface area (Å²) in [6, 6.07) is 15.1. The van der Waals surface area contributed by atoms with Crippen molar-refractivity contribution in [2.24, 2.45) is 0 Å². The predicted octanol–water partition coefficient (Wildman–Crippen LogP) is 2.41. The van der Waals surface area contributed by atoms with Gasteiger partial charge >= 0.3 is 5.97 Å². The number of para-hydroxylation sites is 1. The van der Waals surface area contributed by atoms with E-state index in [0.29, 0.717) is 5.56 Å². The molecule has 1 heterocycles. The lowest BCUT2D eigenvalue weighted by Crippen LogP contribution is -3.12. The third kappa shape index (κ3) is 5.90. The van der Waals surface area contributed by atoms with Crippen molar-refractivity contribution in [2.75, 3.05) is 31.6 Å². The molecule has 1 aliphatic heterocycles. The summed E-state index contributed by atoms with van der Waals surface area (Å²) < 4.78 is 10.8. The molecule has 0 bridgehead atoms. The molecule has 2 aromatic carbocycles. The highest BCUT2D eigenvalue weighted by atomic mass is 16.5. The molecule has 1 fully saturated rings. The van der Waals surface area contributed by atoms with Crippen molar-refractivity contribution in [1.29, 1.82) is 0 Å². The maximum atomic E-state index is 12.5. The van der Waals surface area contributed by atoms with E-state index < -0.39 is 12.1 Å². The monoisotopic (exact) mass is 411 g/mol. The van der Waals surface area contributed by atoms with Crippen LogP contribution in [0.25, 0.3) is 0 Å². The lowest BCUT2D eigenvalue weighted by atomic mass is 10.0. The number of carbonyl (C=O) groups is 2. The normalized spacial score (nSPS) is 15.6. The van der Waals surface area contributed by atoms with E-state index in [-0.39, 0.29) is 11.8 Å². The summed E-state index contributed by atoms with van der Waals surface area (Å²) in [6.07, 6.45) is -0.893.